The van der Waals surface area contributed by atoms with Gasteiger partial charge in [0.15, 0.2) is 0 Å². The summed E-state index contributed by atoms with van der Waals surface area (Å²) in [6.45, 7) is 1.41. The second-order valence-corrected chi connectivity index (χ2v) is 4.50. The van der Waals surface area contributed by atoms with Crippen molar-refractivity contribution < 1.29 is 14.7 Å². The van der Waals surface area contributed by atoms with Crippen molar-refractivity contribution in [3.05, 3.63) is 30.1 Å². The molecular formula is C13H17N3O3. The maximum Gasteiger partial charge on any atom is 0.327 e. The van der Waals surface area contributed by atoms with Gasteiger partial charge in [-0.05, 0) is 24.1 Å². The normalized spacial score (nSPS) is 19.2. The summed E-state index contributed by atoms with van der Waals surface area (Å²) in [6, 6.07) is 2.97. The first-order valence-electron chi connectivity index (χ1n) is 6.30. The van der Waals surface area contributed by atoms with Gasteiger partial charge in [-0.15, -0.1) is 0 Å². The van der Waals surface area contributed by atoms with Gasteiger partial charge >= 0.3 is 5.97 Å². The number of amides is 1. The van der Waals surface area contributed by atoms with E-state index in [1.807, 2.05) is 12.1 Å². The number of nitrogens with one attached hydrogen (secondary N) is 1. The van der Waals surface area contributed by atoms with Gasteiger partial charge in [-0.25, -0.2) is 4.79 Å². The number of carbonyl (C=O) groups is 2. The minimum absolute atomic E-state index is 0.106. The smallest absolute Gasteiger partial charge is 0.327 e. The fourth-order valence-corrected chi connectivity index (χ4v) is 2.17. The molecule has 0 bridgehead atoms. The number of carboxylic acids is 1. The number of carboxylic acid groups (broad SMARTS) is 1. The van der Waals surface area contributed by atoms with Crippen LogP contribution in [0.3, 0.4) is 0 Å². The second-order valence-electron chi connectivity index (χ2n) is 4.50. The number of hydrogen-bond donors (Lipinski definition) is 2. The number of piperazine rings is 1. The van der Waals surface area contributed by atoms with Crippen LogP contribution in [-0.4, -0.2) is 52.5 Å². The number of aryl methyl sites for hydroxylation is 1. The van der Waals surface area contributed by atoms with E-state index in [9.17, 15) is 9.59 Å². The standard InChI is InChI=1S/C13H17N3O3/c17-12(2-1-10-3-5-14-6-4-10)16-8-7-15-9-11(16)13(18)19/h3-6,11,15H,1-2,7-9H2,(H,18,19). The second kappa shape index (κ2) is 6.29. The number of hydrogen-bond acceptors (Lipinski definition) is 4. The Kier molecular flexibility index (Phi) is 4.46. The zero-order valence-corrected chi connectivity index (χ0v) is 10.6. The number of aliphatic carboxylic acids is 1. The number of pyridine rings is 1. The van der Waals surface area contributed by atoms with Crippen molar-refractivity contribution >= 4 is 11.9 Å². The Morgan fingerprint density at radius 1 is 1.42 bits per heavy atom. The molecule has 2 rings (SSSR count). The fourth-order valence-electron chi connectivity index (χ4n) is 2.17. The molecule has 1 aromatic rings. The molecule has 1 unspecified atom stereocenters. The summed E-state index contributed by atoms with van der Waals surface area (Å²) in [6.07, 6.45) is 4.31. The van der Waals surface area contributed by atoms with Crippen molar-refractivity contribution in [2.75, 3.05) is 19.6 Å². The van der Waals surface area contributed by atoms with E-state index in [1.165, 1.54) is 4.90 Å². The largest absolute Gasteiger partial charge is 0.480 e. The number of nitrogens with zero attached hydrogens (tertiary/aromatic N) is 2. The van der Waals surface area contributed by atoms with Gasteiger partial charge in [-0.3, -0.25) is 9.78 Å². The molecule has 6 heteroatoms. The Bertz CT molecular complexity index is 450. The molecule has 2 heterocycles. The molecule has 0 radical (unpaired) electrons. The average Bonchev–Trinajstić information content (AvgIpc) is 2.46. The molecule has 102 valence electrons. The van der Waals surface area contributed by atoms with Crippen LogP contribution < -0.4 is 5.32 Å². The first-order valence-corrected chi connectivity index (χ1v) is 6.30. The summed E-state index contributed by atoms with van der Waals surface area (Å²) in [4.78, 5) is 28.6. The molecular weight excluding hydrogens is 246 g/mol. The molecule has 6 nitrogen and oxygen atoms in total. The maximum absolute atomic E-state index is 12.1. The molecule has 1 atom stereocenters. The van der Waals surface area contributed by atoms with Crippen LogP contribution in [0.5, 0.6) is 0 Å². The van der Waals surface area contributed by atoms with E-state index < -0.39 is 12.0 Å². The molecule has 1 aliphatic heterocycles. The minimum atomic E-state index is -0.954. The third kappa shape index (κ3) is 3.51. The third-order valence-electron chi connectivity index (χ3n) is 3.23. The molecule has 1 aliphatic rings. The van der Waals surface area contributed by atoms with Crippen LogP contribution in [-0.2, 0) is 16.0 Å². The van der Waals surface area contributed by atoms with Crippen molar-refractivity contribution in [1.29, 1.82) is 0 Å². The zero-order valence-electron chi connectivity index (χ0n) is 10.6. The van der Waals surface area contributed by atoms with Crippen LogP contribution in [0.4, 0.5) is 0 Å². The Balaban J connectivity index is 1.93. The van der Waals surface area contributed by atoms with E-state index in [-0.39, 0.29) is 5.91 Å². The zero-order chi connectivity index (χ0) is 13.7. The lowest BCUT2D eigenvalue weighted by Gasteiger charge is -2.33. The molecule has 1 amide bonds. The topological polar surface area (TPSA) is 82.5 Å². The van der Waals surface area contributed by atoms with E-state index >= 15 is 0 Å². The summed E-state index contributed by atoms with van der Waals surface area (Å²) in [5.41, 5.74) is 1.03. The summed E-state index contributed by atoms with van der Waals surface area (Å²) in [5.74, 6) is -1.06. The average molecular weight is 263 g/mol. The lowest BCUT2D eigenvalue weighted by molar-refractivity contribution is -0.151. The Morgan fingerprint density at radius 2 is 2.16 bits per heavy atom. The van der Waals surface area contributed by atoms with Gasteiger partial charge in [0.25, 0.3) is 0 Å². The third-order valence-corrected chi connectivity index (χ3v) is 3.23. The molecule has 1 aromatic heterocycles. The van der Waals surface area contributed by atoms with Gasteiger partial charge < -0.3 is 15.3 Å². The van der Waals surface area contributed by atoms with Crippen LogP contribution in [0.25, 0.3) is 0 Å². The highest BCUT2D eigenvalue weighted by Crippen LogP contribution is 2.09. The van der Waals surface area contributed by atoms with Crippen LogP contribution in [0, 0.1) is 0 Å². The van der Waals surface area contributed by atoms with E-state index in [2.05, 4.69) is 10.3 Å². The highest BCUT2D eigenvalue weighted by molar-refractivity contribution is 5.84. The molecule has 0 saturated carbocycles. The van der Waals surface area contributed by atoms with Crippen molar-refractivity contribution in [3.63, 3.8) is 0 Å². The molecule has 0 spiro atoms. The summed E-state index contributed by atoms with van der Waals surface area (Å²) in [5, 5.41) is 12.1. The number of aromatic nitrogens is 1. The molecule has 1 saturated heterocycles. The molecule has 0 aliphatic carbocycles. The first kappa shape index (κ1) is 13.5. The summed E-state index contributed by atoms with van der Waals surface area (Å²) < 4.78 is 0. The molecule has 2 N–H and O–H groups in total. The van der Waals surface area contributed by atoms with Crippen LogP contribution in [0.2, 0.25) is 0 Å². The first-order chi connectivity index (χ1) is 9.18. The van der Waals surface area contributed by atoms with Gasteiger partial charge in [0.1, 0.15) is 6.04 Å². The lowest BCUT2D eigenvalue weighted by atomic mass is 10.1. The Morgan fingerprint density at radius 3 is 2.84 bits per heavy atom. The van der Waals surface area contributed by atoms with Crippen molar-refractivity contribution in [1.82, 2.24) is 15.2 Å². The highest BCUT2D eigenvalue weighted by atomic mass is 16.4. The van der Waals surface area contributed by atoms with Crippen LogP contribution in [0.1, 0.15) is 12.0 Å². The van der Waals surface area contributed by atoms with Gasteiger partial charge in [0.05, 0.1) is 0 Å². The number of carbonyl (C=O) groups excluding carboxylic acids is 1. The summed E-state index contributed by atoms with van der Waals surface area (Å²) in [7, 11) is 0. The van der Waals surface area contributed by atoms with E-state index in [0.29, 0.717) is 32.5 Å². The number of rotatable bonds is 4. The van der Waals surface area contributed by atoms with E-state index in [1.54, 1.807) is 12.4 Å². The minimum Gasteiger partial charge on any atom is -0.480 e. The predicted octanol–water partition coefficient (Wildman–Crippen LogP) is -0.101. The Labute approximate surface area is 111 Å². The van der Waals surface area contributed by atoms with Gasteiger partial charge in [0, 0.05) is 38.4 Å². The molecule has 0 aromatic carbocycles. The van der Waals surface area contributed by atoms with E-state index in [0.717, 1.165) is 5.56 Å². The quantitative estimate of drug-likeness (QED) is 0.792. The monoisotopic (exact) mass is 263 g/mol. The van der Waals surface area contributed by atoms with Crippen molar-refractivity contribution in [2.24, 2.45) is 0 Å². The van der Waals surface area contributed by atoms with Crippen molar-refractivity contribution in [3.8, 4) is 0 Å². The Hall–Kier alpha value is -1.95. The molecule has 1 fully saturated rings. The van der Waals surface area contributed by atoms with Crippen molar-refractivity contribution in [2.45, 2.75) is 18.9 Å². The lowest BCUT2D eigenvalue weighted by Crippen LogP contribution is -2.57. The van der Waals surface area contributed by atoms with Gasteiger partial charge in [-0.2, -0.15) is 0 Å². The maximum atomic E-state index is 12.1. The van der Waals surface area contributed by atoms with Crippen LogP contribution >= 0.6 is 0 Å². The van der Waals surface area contributed by atoms with Gasteiger partial charge in [-0.1, -0.05) is 0 Å². The highest BCUT2D eigenvalue weighted by Gasteiger charge is 2.31. The van der Waals surface area contributed by atoms with E-state index in [4.69, 9.17) is 5.11 Å². The predicted molar refractivity (Wildman–Crippen MR) is 68.6 cm³/mol. The van der Waals surface area contributed by atoms with Crippen LogP contribution in [0.15, 0.2) is 24.5 Å². The summed E-state index contributed by atoms with van der Waals surface area (Å²) >= 11 is 0. The SMILES string of the molecule is O=C(O)C1CNCCN1C(=O)CCc1ccncc1. The van der Waals surface area contributed by atoms with Gasteiger partial charge in [0.2, 0.25) is 5.91 Å². The molecule has 19 heavy (non-hydrogen) atoms. The fraction of sp³-hybridized carbons (Fsp3) is 0.462.